The second-order valence-corrected chi connectivity index (χ2v) is 7.68. The van der Waals surface area contributed by atoms with Gasteiger partial charge in [-0.1, -0.05) is 30.1 Å². The number of hydrogen-bond donors (Lipinski definition) is 2. The molecule has 2 N–H and O–H groups in total. The molecule has 1 saturated heterocycles. The van der Waals surface area contributed by atoms with E-state index in [4.69, 9.17) is 23.2 Å². The Labute approximate surface area is 161 Å². The van der Waals surface area contributed by atoms with Gasteiger partial charge in [-0.15, -0.1) is 0 Å². The van der Waals surface area contributed by atoms with Crippen LogP contribution in [0.4, 0.5) is 0 Å². The highest BCUT2D eigenvalue weighted by Crippen LogP contribution is 2.24. The van der Waals surface area contributed by atoms with Gasteiger partial charge in [0.05, 0.1) is 11.6 Å². The van der Waals surface area contributed by atoms with Crippen molar-refractivity contribution < 1.29 is 0 Å². The minimum Gasteiger partial charge on any atom is -0.356 e. The van der Waals surface area contributed by atoms with E-state index in [9.17, 15) is 0 Å². The maximum absolute atomic E-state index is 6.09. The van der Waals surface area contributed by atoms with Crippen LogP contribution in [-0.2, 0) is 13.6 Å². The number of guanidine groups is 1. The number of unbranched alkanes of at least 4 members (excludes halogenated alkanes) is 1. The Balaban J connectivity index is 1.61. The van der Waals surface area contributed by atoms with Gasteiger partial charge < -0.3 is 20.1 Å². The van der Waals surface area contributed by atoms with Gasteiger partial charge in [0.2, 0.25) is 0 Å². The average molecular weight is 388 g/mol. The number of halogens is 2. The van der Waals surface area contributed by atoms with Crippen LogP contribution in [0.3, 0.4) is 0 Å². The maximum atomic E-state index is 6.09. The number of likely N-dealkylation sites (tertiary alicyclic amines) is 1. The molecule has 0 spiro atoms. The first-order chi connectivity index (χ1) is 12.0. The van der Waals surface area contributed by atoms with E-state index in [0.29, 0.717) is 16.7 Å². The van der Waals surface area contributed by atoms with Crippen molar-refractivity contribution >= 4 is 29.2 Å². The largest absolute Gasteiger partial charge is 0.356 e. The zero-order valence-corrected chi connectivity index (χ0v) is 17.1. The Hall–Kier alpha value is -0.910. The van der Waals surface area contributed by atoms with Crippen molar-refractivity contribution in [3.8, 4) is 0 Å². The van der Waals surface area contributed by atoms with E-state index in [2.05, 4.69) is 27.4 Å². The van der Waals surface area contributed by atoms with E-state index >= 15 is 0 Å². The molecule has 0 aromatic carbocycles. The van der Waals surface area contributed by atoms with Crippen molar-refractivity contribution in [2.45, 2.75) is 39.2 Å². The van der Waals surface area contributed by atoms with Crippen molar-refractivity contribution in [2.24, 2.45) is 18.0 Å². The third kappa shape index (κ3) is 6.39. The first kappa shape index (κ1) is 20.4. The molecule has 1 fully saturated rings. The standard InChI is InChI=1S/C18H31Cl2N5/c1-14-6-10-25(11-7-14)9-5-4-8-22-18(21-2)23-13-15-12-16(19)17(20)24(15)3/h12,14H,4-11,13H2,1-3H3,(H2,21,22,23). The Morgan fingerprint density at radius 3 is 2.56 bits per heavy atom. The molecule has 0 saturated carbocycles. The molecule has 1 aliphatic heterocycles. The smallest absolute Gasteiger partial charge is 0.191 e. The molecular weight excluding hydrogens is 357 g/mol. The maximum Gasteiger partial charge on any atom is 0.191 e. The summed E-state index contributed by atoms with van der Waals surface area (Å²) in [6.07, 6.45) is 5.07. The van der Waals surface area contributed by atoms with Crippen molar-refractivity contribution in [1.82, 2.24) is 20.1 Å². The lowest BCUT2D eigenvalue weighted by Crippen LogP contribution is -2.38. The van der Waals surface area contributed by atoms with Crippen LogP contribution in [0.1, 0.15) is 38.3 Å². The number of hydrogen-bond acceptors (Lipinski definition) is 2. The second-order valence-electron chi connectivity index (χ2n) is 6.92. The van der Waals surface area contributed by atoms with Crippen LogP contribution in [-0.4, -0.2) is 48.7 Å². The van der Waals surface area contributed by atoms with Crippen molar-refractivity contribution in [3.05, 3.63) is 21.9 Å². The summed E-state index contributed by atoms with van der Waals surface area (Å²) in [5.74, 6) is 1.71. The zero-order valence-electron chi connectivity index (χ0n) is 15.6. The van der Waals surface area contributed by atoms with Gasteiger partial charge in [-0.2, -0.15) is 0 Å². The first-order valence-electron chi connectivity index (χ1n) is 9.17. The van der Waals surface area contributed by atoms with Gasteiger partial charge in [-0.3, -0.25) is 4.99 Å². The lowest BCUT2D eigenvalue weighted by Gasteiger charge is -2.30. The number of nitrogens with one attached hydrogen (secondary N) is 2. The number of rotatable bonds is 7. The molecule has 142 valence electrons. The monoisotopic (exact) mass is 387 g/mol. The van der Waals surface area contributed by atoms with Crippen LogP contribution in [0.5, 0.6) is 0 Å². The summed E-state index contributed by atoms with van der Waals surface area (Å²) < 4.78 is 1.88. The molecular formula is C18H31Cl2N5. The van der Waals surface area contributed by atoms with Crippen LogP contribution >= 0.6 is 23.2 Å². The van der Waals surface area contributed by atoms with Crippen LogP contribution in [0.25, 0.3) is 0 Å². The highest BCUT2D eigenvalue weighted by molar-refractivity contribution is 6.41. The Morgan fingerprint density at radius 1 is 1.24 bits per heavy atom. The quantitative estimate of drug-likeness (QED) is 0.427. The molecule has 0 unspecified atom stereocenters. The van der Waals surface area contributed by atoms with Gasteiger partial charge in [0.1, 0.15) is 5.15 Å². The molecule has 5 nitrogen and oxygen atoms in total. The van der Waals surface area contributed by atoms with Crippen LogP contribution in [0.2, 0.25) is 10.2 Å². The fourth-order valence-corrected chi connectivity index (χ4v) is 3.52. The van der Waals surface area contributed by atoms with Gasteiger partial charge >= 0.3 is 0 Å². The number of aromatic nitrogens is 1. The molecule has 1 aromatic heterocycles. The Morgan fingerprint density at radius 2 is 1.96 bits per heavy atom. The molecule has 1 aromatic rings. The lowest BCUT2D eigenvalue weighted by atomic mass is 9.99. The molecule has 25 heavy (non-hydrogen) atoms. The molecule has 7 heteroatoms. The molecule has 2 heterocycles. The normalized spacial score (nSPS) is 17.1. The predicted molar refractivity (Wildman–Crippen MR) is 108 cm³/mol. The summed E-state index contributed by atoms with van der Waals surface area (Å²) in [5, 5.41) is 7.82. The Kier molecular flexibility index (Phi) is 8.40. The number of aliphatic imine (C=N–C) groups is 1. The average Bonchev–Trinajstić information content (AvgIpc) is 2.86. The zero-order chi connectivity index (χ0) is 18.2. The predicted octanol–water partition coefficient (Wildman–Crippen LogP) is 3.51. The molecule has 2 rings (SSSR count). The molecule has 0 aliphatic carbocycles. The van der Waals surface area contributed by atoms with Crippen LogP contribution in [0.15, 0.2) is 11.1 Å². The summed E-state index contributed by atoms with van der Waals surface area (Å²) in [4.78, 5) is 6.86. The molecule has 0 amide bonds. The first-order valence-corrected chi connectivity index (χ1v) is 9.93. The third-order valence-electron chi connectivity index (χ3n) is 4.95. The topological polar surface area (TPSA) is 44.6 Å². The fourth-order valence-electron chi connectivity index (χ4n) is 3.11. The van der Waals surface area contributed by atoms with Crippen LogP contribution < -0.4 is 10.6 Å². The van der Waals surface area contributed by atoms with E-state index in [0.717, 1.165) is 30.5 Å². The minimum absolute atomic E-state index is 0.563. The molecule has 1 aliphatic rings. The van der Waals surface area contributed by atoms with Gasteiger partial charge in [0, 0.05) is 26.3 Å². The van der Waals surface area contributed by atoms with E-state index < -0.39 is 0 Å². The summed E-state index contributed by atoms with van der Waals surface area (Å²) in [5.41, 5.74) is 1.03. The number of piperidine rings is 1. The summed E-state index contributed by atoms with van der Waals surface area (Å²) in [6.45, 7) is 7.66. The minimum atomic E-state index is 0.563. The van der Waals surface area contributed by atoms with E-state index in [1.165, 1.54) is 38.9 Å². The van der Waals surface area contributed by atoms with Gasteiger partial charge in [-0.25, -0.2) is 0 Å². The van der Waals surface area contributed by atoms with Gasteiger partial charge in [-0.05, 0) is 57.3 Å². The molecule has 0 radical (unpaired) electrons. The molecule has 0 bridgehead atoms. The number of nitrogens with zero attached hydrogens (tertiary/aromatic N) is 3. The van der Waals surface area contributed by atoms with Crippen molar-refractivity contribution in [2.75, 3.05) is 33.2 Å². The fraction of sp³-hybridized carbons (Fsp3) is 0.722. The highest BCUT2D eigenvalue weighted by atomic mass is 35.5. The second kappa shape index (κ2) is 10.3. The van der Waals surface area contributed by atoms with E-state index in [-0.39, 0.29) is 0 Å². The van der Waals surface area contributed by atoms with Gasteiger partial charge in [0.15, 0.2) is 5.96 Å². The van der Waals surface area contributed by atoms with Gasteiger partial charge in [0.25, 0.3) is 0 Å². The summed E-state index contributed by atoms with van der Waals surface area (Å²) in [6, 6.07) is 1.88. The lowest BCUT2D eigenvalue weighted by molar-refractivity contribution is 0.189. The van der Waals surface area contributed by atoms with Crippen molar-refractivity contribution in [3.63, 3.8) is 0 Å². The summed E-state index contributed by atoms with van der Waals surface area (Å²) >= 11 is 12.1. The SMILES string of the molecule is CN=C(NCCCCN1CCC(C)CC1)NCc1cc(Cl)c(Cl)n1C. The van der Waals surface area contributed by atoms with Crippen molar-refractivity contribution in [1.29, 1.82) is 0 Å². The van der Waals surface area contributed by atoms with Crippen LogP contribution in [0, 0.1) is 5.92 Å². The third-order valence-corrected chi connectivity index (χ3v) is 5.79. The van der Waals surface area contributed by atoms with E-state index in [1.807, 2.05) is 17.7 Å². The Bertz CT molecular complexity index is 562. The summed E-state index contributed by atoms with van der Waals surface area (Å²) in [7, 11) is 3.69. The highest BCUT2D eigenvalue weighted by Gasteiger charge is 2.14. The van der Waals surface area contributed by atoms with E-state index in [1.54, 1.807) is 7.05 Å². The molecule has 0 atom stereocenters.